The zero-order chi connectivity index (χ0) is 14.7. The Morgan fingerprint density at radius 1 is 1.29 bits per heavy atom. The smallest absolute Gasteiger partial charge is 0.225 e. The van der Waals surface area contributed by atoms with Crippen LogP contribution < -0.4 is 5.32 Å². The highest BCUT2D eigenvalue weighted by atomic mass is 35.5. The molecule has 0 aliphatic heterocycles. The summed E-state index contributed by atoms with van der Waals surface area (Å²) in [6.45, 7) is 2.91. The molecule has 0 atom stereocenters. The van der Waals surface area contributed by atoms with E-state index in [-0.39, 0.29) is 0 Å². The number of aromatic amines is 1. The van der Waals surface area contributed by atoms with E-state index in [9.17, 15) is 0 Å². The van der Waals surface area contributed by atoms with Gasteiger partial charge in [-0.3, -0.25) is 0 Å². The summed E-state index contributed by atoms with van der Waals surface area (Å²) in [4.78, 5) is 20.4. The van der Waals surface area contributed by atoms with Crippen molar-refractivity contribution < 1.29 is 0 Å². The minimum Gasteiger partial charge on any atom is -0.354 e. The molecule has 0 radical (unpaired) electrons. The van der Waals surface area contributed by atoms with Crippen LogP contribution in [0, 0.1) is 0 Å². The molecule has 6 nitrogen and oxygen atoms in total. The second-order valence-corrected chi connectivity index (χ2v) is 5.74. The SMILES string of the molecule is CCCNc1nc(Sc2ccc(Cl)cn2)c2[nH]cnc2n1. The molecule has 3 heterocycles. The molecule has 0 aliphatic rings. The molecule has 21 heavy (non-hydrogen) atoms. The summed E-state index contributed by atoms with van der Waals surface area (Å²) in [5.74, 6) is 0.577. The summed E-state index contributed by atoms with van der Waals surface area (Å²) in [6, 6.07) is 3.66. The van der Waals surface area contributed by atoms with E-state index in [2.05, 4.69) is 37.2 Å². The third kappa shape index (κ3) is 3.25. The molecule has 0 saturated carbocycles. The predicted molar refractivity (Wildman–Crippen MR) is 83.8 cm³/mol. The Morgan fingerprint density at radius 3 is 2.95 bits per heavy atom. The number of nitrogens with zero attached hydrogens (tertiary/aromatic N) is 4. The van der Waals surface area contributed by atoms with Crippen LogP contribution in [0.2, 0.25) is 5.02 Å². The van der Waals surface area contributed by atoms with E-state index in [4.69, 9.17) is 11.6 Å². The van der Waals surface area contributed by atoms with Gasteiger partial charge in [-0.15, -0.1) is 0 Å². The summed E-state index contributed by atoms with van der Waals surface area (Å²) in [5.41, 5.74) is 1.44. The molecule has 0 amide bonds. The maximum absolute atomic E-state index is 5.85. The molecule has 0 aliphatic carbocycles. The second kappa shape index (κ2) is 6.28. The van der Waals surface area contributed by atoms with Crippen LogP contribution in [-0.4, -0.2) is 31.5 Å². The first kappa shape index (κ1) is 14.1. The first-order chi connectivity index (χ1) is 10.3. The zero-order valence-corrected chi connectivity index (χ0v) is 12.9. The van der Waals surface area contributed by atoms with Crippen LogP contribution in [0.3, 0.4) is 0 Å². The normalized spacial score (nSPS) is 11.0. The number of hydrogen-bond acceptors (Lipinski definition) is 6. The van der Waals surface area contributed by atoms with Crippen molar-refractivity contribution in [3.8, 4) is 0 Å². The van der Waals surface area contributed by atoms with Crippen molar-refractivity contribution in [2.24, 2.45) is 0 Å². The second-order valence-electron chi connectivity index (χ2n) is 4.30. The van der Waals surface area contributed by atoms with Gasteiger partial charge in [0.2, 0.25) is 5.95 Å². The highest BCUT2D eigenvalue weighted by molar-refractivity contribution is 7.99. The van der Waals surface area contributed by atoms with Crippen molar-refractivity contribution >= 4 is 40.5 Å². The van der Waals surface area contributed by atoms with E-state index in [0.29, 0.717) is 16.6 Å². The van der Waals surface area contributed by atoms with Crippen molar-refractivity contribution in [3.63, 3.8) is 0 Å². The quantitative estimate of drug-likeness (QED) is 0.702. The Hall–Kier alpha value is -1.86. The molecular weight excluding hydrogens is 308 g/mol. The Labute approximate surface area is 130 Å². The van der Waals surface area contributed by atoms with E-state index in [0.717, 1.165) is 28.5 Å². The van der Waals surface area contributed by atoms with Crippen LogP contribution in [-0.2, 0) is 0 Å². The van der Waals surface area contributed by atoms with E-state index in [1.165, 1.54) is 11.8 Å². The van der Waals surface area contributed by atoms with Crippen LogP contribution in [0.25, 0.3) is 11.2 Å². The molecule has 0 aromatic carbocycles. The van der Waals surface area contributed by atoms with Gasteiger partial charge in [0, 0.05) is 12.7 Å². The van der Waals surface area contributed by atoms with Gasteiger partial charge >= 0.3 is 0 Å². The van der Waals surface area contributed by atoms with Crippen LogP contribution >= 0.6 is 23.4 Å². The van der Waals surface area contributed by atoms with Crippen LogP contribution in [0.1, 0.15) is 13.3 Å². The van der Waals surface area contributed by atoms with Gasteiger partial charge in [-0.05, 0) is 30.3 Å². The zero-order valence-electron chi connectivity index (χ0n) is 11.3. The summed E-state index contributed by atoms with van der Waals surface area (Å²) < 4.78 is 0. The Bertz CT molecular complexity index is 742. The summed E-state index contributed by atoms with van der Waals surface area (Å²) >= 11 is 7.30. The van der Waals surface area contributed by atoms with E-state index in [1.807, 2.05) is 6.07 Å². The molecule has 0 spiro atoms. The van der Waals surface area contributed by atoms with Gasteiger partial charge in [0.05, 0.1) is 11.3 Å². The number of anilines is 1. The van der Waals surface area contributed by atoms with Gasteiger partial charge in [-0.2, -0.15) is 4.98 Å². The third-order valence-corrected chi connectivity index (χ3v) is 3.85. The Kier molecular flexibility index (Phi) is 4.21. The Morgan fingerprint density at radius 2 is 2.19 bits per heavy atom. The average molecular weight is 321 g/mol. The molecule has 3 aromatic heterocycles. The molecular formula is C13H13ClN6S. The van der Waals surface area contributed by atoms with Crippen molar-refractivity contribution in [1.29, 1.82) is 0 Å². The number of fused-ring (bicyclic) bond motifs is 1. The Balaban J connectivity index is 1.95. The standard InChI is InChI=1S/C13H13ClN6S/c1-2-5-15-13-19-11-10(17-7-18-11)12(20-13)21-9-4-3-8(14)6-16-9/h3-4,6-7H,2,5H2,1H3,(H2,15,17,18,19,20). The lowest BCUT2D eigenvalue weighted by molar-refractivity contribution is 0.943. The fraction of sp³-hybridized carbons (Fsp3) is 0.231. The third-order valence-electron chi connectivity index (χ3n) is 2.69. The van der Waals surface area contributed by atoms with Crippen LogP contribution in [0.15, 0.2) is 34.7 Å². The fourth-order valence-electron chi connectivity index (χ4n) is 1.72. The van der Waals surface area contributed by atoms with Crippen molar-refractivity contribution in [1.82, 2.24) is 24.9 Å². The highest BCUT2D eigenvalue weighted by Gasteiger charge is 2.11. The van der Waals surface area contributed by atoms with Crippen LogP contribution in [0.4, 0.5) is 5.95 Å². The number of rotatable bonds is 5. The molecule has 108 valence electrons. The number of nitrogens with one attached hydrogen (secondary N) is 2. The average Bonchev–Trinajstić information content (AvgIpc) is 2.96. The lowest BCUT2D eigenvalue weighted by atomic mass is 10.5. The van der Waals surface area contributed by atoms with Gasteiger partial charge in [-0.1, -0.05) is 18.5 Å². The monoisotopic (exact) mass is 320 g/mol. The van der Waals surface area contributed by atoms with Gasteiger partial charge in [0.1, 0.15) is 15.6 Å². The van der Waals surface area contributed by atoms with E-state index in [1.54, 1.807) is 18.6 Å². The first-order valence-electron chi connectivity index (χ1n) is 6.50. The topological polar surface area (TPSA) is 79.4 Å². The van der Waals surface area contributed by atoms with Crippen molar-refractivity contribution in [2.45, 2.75) is 23.4 Å². The minimum atomic E-state index is 0.577. The molecule has 2 N–H and O–H groups in total. The minimum absolute atomic E-state index is 0.577. The van der Waals surface area contributed by atoms with Gasteiger partial charge in [-0.25, -0.2) is 15.0 Å². The number of halogens is 1. The van der Waals surface area contributed by atoms with E-state index < -0.39 is 0 Å². The van der Waals surface area contributed by atoms with Crippen molar-refractivity contribution in [2.75, 3.05) is 11.9 Å². The number of H-pyrrole nitrogens is 1. The maximum Gasteiger partial charge on any atom is 0.225 e. The number of aromatic nitrogens is 5. The number of pyridine rings is 1. The van der Waals surface area contributed by atoms with Gasteiger partial charge in [0.25, 0.3) is 0 Å². The van der Waals surface area contributed by atoms with Crippen LogP contribution in [0.5, 0.6) is 0 Å². The van der Waals surface area contributed by atoms with Crippen molar-refractivity contribution in [3.05, 3.63) is 29.7 Å². The maximum atomic E-state index is 5.85. The molecule has 3 aromatic rings. The number of imidazole rings is 1. The summed E-state index contributed by atoms with van der Waals surface area (Å²) in [6.07, 6.45) is 4.23. The molecule has 0 fully saturated rings. The molecule has 0 saturated heterocycles. The first-order valence-corrected chi connectivity index (χ1v) is 7.70. The van der Waals surface area contributed by atoms with Gasteiger partial charge in [0.15, 0.2) is 5.65 Å². The molecule has 0 unspecified atom stereocenters. The summed E-state index contributed by atoms with van der Waals surface area (Å²) in [7, 11) is 0. The molecule has 8 heteroatoms. The number of hydrogen-bond donors (Lipinski definition) is 2. The van der Waals surface area contributed by atoms with Gasteiger partial charge < -0.3 is 10.3 Å². The molecule has 3 rings (SSSR count). The molecule has 0 bridgehead atoms. The fourth-order valence-corrected chi connectivity index (χ4v) is 2.65. The lowest BCUT2D eigenvalue weighted by Gasteiger charge is -2.06. The lowest BCUT2D eigenvalue weighted by Crippen LogP contribution is -2.05. The summed E-state index contributed by atoms with van der Waals surface area (Å²) in [5, 5.41) is 5.39. The van der Waals surface area contributed by atoms with E-state index >= 15 is 0 Å². The largest absolute Gasteiger partial charge is 0.354 e. The predicted octanol–water partition coefficient (Wildman–Crippen LogP) is 3.37. The highest BCUT2D eigenvalue weighted by Crippen LogP contribution is 2.30.